The van der Waals surface area contributed by atoms with E-state index >= 15 is 0 Å². The van der Waals surface area contributed by atoms with Crippen molar-refractivity contribution in [2.24, 2.45) is 0 Å². The Morgan fingerprint density at radius 1 is 1.13 bits per heavy atom. The molecule has 1 unspecified atom stereocenters. The highest BCUT2D eigenvalue weighted by molar-refractivity contribution is 7.10. The molecule has 4 amide bonds. The molecule has 3 rings (SSSR count). The third-order valence-electron chi connectivity index (χ3n) is 4.05. The number of benzene rings is 1. The molecule has 0 fully saturated rings. The number of thiophene rings is 1. The van der Waals surface area contributed by atoms with E-state index < -0.39 is 30.6 Å². The zero-order chi connectivity index (χ0) is 22.2. The van der Waals surface area contributed by atoms with Gasteiger partial charge in [0, 0.05) is 23.6 Å². The molecule has 0 aliphatic carbocycles. The lowest BCUT2D eigenvalue weighted by molar-refractivity contribution is -0.148. The van der Waals surface area contributed by atoms with Crippen LogP contribution in [0.15, 0.2) is 35.7 Å². The molecule has 1 aromatic carbocycles. The van der Waals surface area contributed by atoms with E-state index in [2.05, 4.69) is 16.0 Å². The molecule has 1 aromatic heterocycles. The summed E-state index contributed by atoms with van der Waals surface area (Å²) in [5.74, 6) is -0.714. The molecular formula is C20H21N3O7S. The van der Waals surface area contributed by atoms with E-state index in [-0.39, 0.29) is 12.3 Å². The van der Waals surface area contributed by atoms with Crippen LogP contribution in [0.25, 0.3) is 0 Å². The second-order valence-electron chi connectivity index (χ2n) is 6.49. The minimum Gasteiger partial charge on any atom is -0.486 e. The quantitative estimate of drug-likeness (QED) is 0.553. The summed E-state index contributed by atoms with van der Waals surface area (Å²) < 4.78 is 15.7. The number of carbonyl (C=O) groups excluding carboxylic acids is 4. The number of anilines is 1. The molecule has 164 valence electrons. The summed E-state index contributed by atoms with van der Waals surface area (Å²) in [5.41, 5.74) is 0.403. The van der Waals surface area contributed by atoms with Crippen molar-refractivity contribution in [2.45, 2.75) is 19.4 Å². The number of ether oxygens (including phenoxy) is 3. The van der Waals surface area contributed by atoms with Crippen molar-refractivity contribution in [3.05, 3.63) is 40.6 Å². The molecular weight excluding hydrogens is 426 g/mol. The first-order valence-electron chi connectivity index (χ1n) is 9.37. The van der Waals surface area contributed by atoms with E-state index in [4.69, 9.17) is 14.2 Å². The fourth-order valence-electron chi connectivity index (χ4n) is 2.78. The van der Waals surface area contributed by atoms with Crippen molar-refractivity contribution in [3.63, 3.8) is 0 Å². The highest BCUT2D eigenvalue weighted by atomic mass is 32.1. The van der Waals surface area contributed by atoms with Gasteiger partial charge in [-0.25, -0.2) is 4.79 Å². The van der Waals surface area contributed by atoms with Gasteiger partial charge in [-0.3, -0.25) is 19.7 Å². The third kappa shape index (κ3) is 6.71. The van der Waals surface area contributed by atoms with Gasteiger partial charge in [-0.1, -0.05) is 6.07 Å². The molecule has 1 aliphatic rings. The molecule has 0 spiro atoms. The smallest absolute Gasteiger partial charge is 0.325 e. The topological polar surface area (TPSA) is 132 Å². The van der Waals surface area contributed by atoms with Crippen LogP contribution >= 0.6 is 11.3 Å². The summed E-state index contributed by atoms with van der Waals surface area (Å²) >= 11 is 1.39. The Bertz CT molecular complexity index is 962. The maximum atomic E-state index is 12.1. The number of carbonyl (C=O) groups is 4. The van der Waals surface area contributed by atoms with Crippen LogP contribution in [0.1, 0.15) is 24.3 Å². The standard InChI is InChI=1S/C20H21N3O7S/c1-12(24)21-14(17-3-2-8-31-17)10-19(26)30-11-18(25)23-20(27)22-13-4-5-15-16(9-13)29-7-6-28-15/h2-5,8-9,14H,6-7,10-11H2,1H3,(H,21,24)(H2,22,23,25,27). The Balaban J connectivity index is 1.44. The van der Waals surface area contributed by atoms with Gasteiger partial charge in [0.1, 0.15) is 13.2 Å². The predicted octanol–water partition coefficient (Wildman–Crippen LogP) is 1.98. The molecule has 3 N–H and O–H groups in total. The number of esters is 1. The van der Waals surface area contributed by atoms with E-state index in [9.17, 15) is 19.2 Å². The van der Waals surface area contributed by atoms with E-state index in [0.717, 1.165) is 4.88 Å². The van der Waals surface area contributed by atoms with Gasteiger partial charge in [0.25, 0.3) is 5.91 Å². The minimum atomic E-state index is -0.796. The van der Waals surface area contributed by atoms with Gasteiger partial charge in [0.15, 0.2) is 18.1 Å². The number of hydrogen-bond donors (Lipinski definition) is 3. The molecule has 1 aliphatic heterocycles. The molecule has 0 saturated heterocycles. The molecule has 11 heteroatoms. The maximum Gasteiger partial charge on any atom is 0.325 e. The second kappa shape index (κ2) is 10.4. The molecule has 0 bridgehead atoms. The summed E-state index contributed by atoms with van der Waals surface area (Å²) in [5, 5.41) is 9.05. The number of imide groups is 1. The summed E-state index contributed by atoms with van der Waals surface area (Å²) in [6.07, 6.45) is -0.142. The molecule has 10 nitrogen and oxygen atoms in total. The SMILES string of the molecule is CC(=O)NC(CC(=O)OCC(=O)NC(=O)Nc1ccc2c(c1)OCCO2)c1cccs1. The van der Waals surface area contributed by atoms with Gasteiger partial charge >= 0.3 is 12.0 Å². The normalized spacial score (nSPS) is 12.9. The number of urea groups is 1. The highest BCUT2D eigenvalue weighted by Gasteiger charge is 2.20. The summed E-state index contributed by atoms with van der Waals surface area (Å²) in [4.78, 5) is 48.1. The minimum absolute atomic E-state index is 0.142. The van der Waals surface area contributed by atoms with Crippen LogP contribution < -0.4 is 25.4 Å². The van der Waals surface area contributed by atoms with Crippen LogP contribution in [-0.4, -0.2) is 43.6 Å². The summed E-state index contributed by atoms with van der Waals surface area (Å²) in [7, 11) is 0. The lowest BCUT2D eigenvalue weighted by Gasteiger charge is -2.19. The largest absolute Gasteiger partial charge is 0.486 e. The molecule has 0 radical (unpaired) electrons. The Morgan fingerprint density at radius 3 is 2.61 bits per heavy atom. The Kier molecular flexibility index (Phi) is 7.44. The van der Waals surface area contributed by atoms with Crippen molar-refractivity contribution in [3.8, 4) is 11.5 Å². The number of fused-ring (bicyclic) bond motifs is 1. The van der Waals surface area contributed by atoms with Crippen molar-refractivity contribution >= 4 is 40.8 Å². The lowest BCUT2D eigenvalue weighted by Crippen LogP contribution is -2.37. The van der Waals surface area contributed by atoms with Crippen molar-refractivity contribution < 1.29 is 33.4 Å². The first-order chi connectivity index (χ1) is 14.9. The van der Waals surface area contributed by atoms with Crippen LogP contribution in [0.5, 0.6) is 11.5 Å². The first-order valence-corrected chi connectivity index (χ1v) is 10.3. The fraction of sp³-hybridized carbons (Fsp3) is 0.300. The highest BCUT2D eigenvalue weighted by Crippen LogP contribution is 2.32. The Hall–Kier alpha value is -3.60. The average Bonchev–Trinajstić information content (AvgIpc) is 3.26. The van der Waals surface area contributed by atoms with Crippen molar-refractivity contribution in [1.29, 1.82) is 0 Å². The monoisotopic (exact) mass is 447 g/mol. The van der Waals surface area contributed by atoms with Crippen LogP contribution in [-0.2, 0) is 19.1 Å². The fourth-order valence-corrected chi connectivity index (χ4v) is 3.55. The summed E-state index contributed by atoms with van der Waals surface area (Å²) in [6.45, 7) is 1.57. The van der Waals surface area contributed by atoms with Crippen LogP contribution in [0.2, 0.25) is 0 Å². The third-order valence-corrected chi connectivity index (χ3v) is 5.04. The zero-order valence-corrected chi connectivity index (χ0v) is 17.5. The van der Waals surface area contributed by atoms with Gasteiger partial charge in [0.2, 0.25) is 5.91 Å². The molecule has 1 atom stereocenters. The number of amides is 4. The van der Waals surface area contributed by atoms with E-state index in [1.165, 1.54) is 18.3 Å². The maximum absolute atomic E-state index is 12.1. The van der Waals surface area contributed by atoms with Gasteiger partial charge in [-0.2, -0.15) is 0 Å². The van der Waals surface area contributed by atoms with E-state index in [0.29, 0.717) is 30.4 Å². The second-order valence-corrected chi connectivity index (χ2v) is 7.47. The summed E-state index contributed by atoms with van der Waals surface area (Å²) in [6, 6.07) is 7.07. The van der Waals surface area contributed by atoms with Gasteiger partial charge < -0.3 is 24.8 Å². The zero-order valence-electron chi connectivity index (χ0n) is 16.6. The van der Waals surface area contributed by atoms with Gasteiger partial charge in [0.05, 0.1) is 12.5 Å². The van der Waals surface area contributed by atoms with E-state index in [1.807, 2.05) is 5.38 Å². The first kappa shape index (κ1) is 22.1. The average molecular weight is 447 g/mol. The number of nitrogens with one attached hydrogen (secondary N) is 3. The molecule has 0 saturated carbocycles. The number of hydrogen-bond acceptors (Lipinski definition) is 8. The van der Waals surface area contributed by atoms with Crippen molar-refractivity contribution in [1.82, 2.24) is 10.6 Å². The Labute approximate surface area is 181 Å². The van der Waals surface area contributed by atoms with Crippen molar-refractivity contribution in [2.75, 3.05) is 25.1 Å². The molecule has 2 aromatic rings. The van der Waals surface area contributed by atoms with Gasteiger partial charge in [-0.15, -0.1) is 11.3 Å². The van der Waals surface area contributed by atoms with Gasteiger partial charge in [-0.05, 0) is 23.6 Å². The number of rotatable bonds is 7. The van der Waals surface area contributed by atoms with E-state index in [1.54, 1.807) is 30.3 Å². The molecule has 31 heavy (non-hydrogen) atoms. The van der Waals surface area contributed by atoms with Crippen LogP contribution in [0.4, 0.5) is 10.5 Å². The predicted molar refractivity (Wildman–Crippen MR) is 111 cm³/mol. The molecule has 2 heterocycles. The lowest BCUT2D eigenvalue weighted by atomic mass is 10.1. The van der Waals surface area contributed by atoms with Crippen LogP contribution in [0, 0.1) is 0 Å². The Morgan fingerprint density at radius 2 is 1.90 bits per heavy atom. The van der Waals surface area contributed by atoms with Crippen LogP contribution in [0.3, 0.4) is 0 Å².